The van der Waals surface area contributed by atoms with Crippen LogP contribution in [-0.2, 0) is 11.2 Å². The molecule has 0 saturated carbocycles. The lowest BCUT2D eigenvalue weighted by Gasteiger charge is -2.25. The van der Waals surface area contributed by atoms with Gasteiger partial charge in [0.2, 0.25) is 5.91 Å². The Hall–Kier alpha value is -2.14. The molecule has 1 amide bonds. The number of anilines is 1. The zero-order valence-corrected chi connectivity index (χ0v) is 10.6. The van der Waals surface area contributed by atoms with Crippen LogP contribution in [0.3, 0.4) is 0 Å². The van der Waals surface area contributed by atoms with E-state index in [-0.39, 0.29) is 18.0 Å². The molecule has 1 aliphatic heterocycles. The second kappa shape index (κ2) is 4.85. The van der Waals surface area contributed by atoms with Crippen molar-refractivity contribution in [3.8, 4) is 0 Å². The molecule has 0 radical (unpaired) electrons. The summed E-state index contributed by atoms with van der Waals surface area (Å²) in [4.78, 5) is 16.3. The van der Waals surface area contributed by atoms with Crippen LogP contribution in [0.1, 0.15) is 22.9 Å². The minimum absolute atomic E-state index is 0.144. The third-order valence-electron chi connectivity index (χ3n) is 3.22. The number of aryl methyl sites for hydroxylation is 1. The van der Waals surface area contributed by atoms with Gasteiger partial charge in [-0.3, -0.25) is 10.1 Å². The molecule has 0 spiro atoms. The molecular formula is C14H15N3O2. The fraction of sp³-hybridized carbons (Fsp3) is 0.286. The van der Waals surface area contributed by atoms with Gasteiger partial charge >= 0.3 is 6.01 Å². The fourth-order valence-electron chi connectivity index (χ4n) is 2.33. The van der Waals surface area contributed by atoms with E-state index in [2.05, 4.69) is 21.7 Å². The Morgan fingerprint density at radius 1 is 1.47 bits per heavy atom. The predicted molar refractivity (Wildman–Crippen MR) is 70.8 cm³/mol. The van der Waals surface area contributed by atoms with Crippen LogP contribution in [0.15, 0.2) is 34.9 Å². The van der Waals surface area contributed by atoms with Gasteiger partial charge in [0.15, 0.2) is 0 Å². The lowest BCUT2D eigenvalue weighted by Crippen LogP contribution is -2.38. The molecule has 0 bridgehead atoms. The van der Waals surface area contributed by atoms with Crippen LogP contribution < -0.4 is 10.6 Å². The lowest BCUT2D eigenvalue weighted by molar-refractivity contribution is -0.118. The number of benzene rings is 1. The molecule has 2 heterocycles. The van der Waals surface area contributed by atoms with Gasteiger partial charge in [0.1, 0.15) is 12.3 Å². The molecule has 1 atom stereocenters. The Morgan fingerprint density at radius 3 is 3.11 bits per heavy atom. The number of amides is 1. The first-order valence-electron chi connectivity index (χ1n) is 6.28. The molecular weight excluding hydrogens is 242 g/mol. The molecule has 1 aromatic carbocycles. The minimum atomic E-state index is -0.350. The predicted octanol–water partition coefficient (Wildman–Crippen LogP) is 1.81. The standard InChI is InChI=1S/C14H15N3O2/c1-9-8-19-14(16-9)17-13(18)12-11-5-3-2-4-10(11)6-7-15-12/h2-5,8,12,15H,6-7H2,1H3,(H,16,17,18). The summed E-state index contributed by atoms with van der Waals surface area (Å²) in [5, 5.41) is 5.91. The normalized spacial score (nSPS) is 17.8. The minimum Gasteiger partial charge on any atom is -0.432 e. The molecule has 3 rings (SSSR count). The summed E-state index contributed by atoms with van der Waals surface area (Å²) >= 11 is 0. The summed E-state index contributed by atoms with van der Waals surface area (Å²) in [5.41, 5.74) is 2.98. The molecule has 2 N–H and O–H groups in total. The number of nitrogens with one attached hydrogen (secondary N) is 2. The van der Waals surface area contributed by atoms with Crippen LogP contribution in [0.4, 0.5) is 6.01 Å². The highest BCUT2D eigenvalue weighted by atomic mass is 16.4. The topological polar surface area (TPSA) is 67.2 Å². The zero-order valence-electron chi connectivity index (χ0n) is 10.6. The van der Waals surface area contributed by atoms with Gasteiger partial charge in [-0.15, -0.1) is 0 Å². The summed E-state index contributed by atoms with van der Waals surface area (Å²) in [6.07, 6.45) is 2.45. The molecule has 5 nitrogen and oxygen atoms in total. The molecule has 0 saturated heterocycles. The van der Waals surface area contributed by atoms with Crippen molar-refractivity contribution in [3.05, 3.63) is 47.3 Å². The van der Waals surface area contributed by atoms with Crippen molar-refractivity contribution in [1.29, 1.82) is 0 Å². The summed E-state index contributed by atoms with van der Waals surface area (Å²) in [5.74, 6) is -0.144. The van der Waals surface area contributed by atoms with E-state index in [0.717, 1.165) is 24.2 Å². The van der Waals surface area contributed by atoms with Gasteiger partial charge in [-0.05, 0) is 24.5 Å². The van der Waals surface area contributed by atoms with Crippen LogP contribution in [-0.4, -0.2) is 17.4 Å². The number of carbonyl (C=O) groups is 1. The fourth-order valence-corrected chi connectivity index (χ4v) is 2.33. The van der Waals surface area contributed by atoms with Crippen LogP contribution in [0.5, 0.6) is 0 Å². The zero-order chi connectivity index (χ0) is 13.2. The Kier molecular flexibility index (Phi) is 3.05. The molecule has 1 aliphatic rings. The Balaban J connectivity index is 1.81. The first-order valence-corrected chi connectivity index (χ1v) is 6.28. The number of hydrogen-bond acceptors (Lipinski definition) is 4. The third kappa shape index (κ3) is 2.37. The highest BCUT2D eigenvalue weighted by Crippen LogP contribution is 2.23. The Morgan fingerprint density at radius 2 is 2.32 bits per heavy atom. The Bertz CT molecular complexity index is 606. The number of hydrogen-bond donors (Lipinski definition) is 2. The van der Waals surface area contributed by atoms with Gasteiger partial charge in [-0.2, -0.15) is 4.98 Å². The van der Waals surface area contributed by atoms with Crippen molar-refractivity contribution < 1.29 is 9.21 Å². The van der Waals surface area contributed by atoms with Gasteiger partial charge in [0.25, 0.3) is 0 Å². The molecule has 0 fully saturated rings. The van der Waals surface area contributed by atoms with E-state index in [1.54, 1.807) is 0 Å². The third-order valence-corrected chi connectivity index (χ3v) is 3.22. The summed E-state index contributed by atoms with van der Waals surface area (Å²) in [7, 11) is 0. The van der Waals surface area contributed by atoms with Crippen molar-refractivity contribution in [3.63, 3.8) is 0 Å². The highest BCUT2D eigenvalue weighted by Gasteiger charge is 2.26. The SMILES string of the molecule is Cc1coc(NC(=O)C2NCCc3ccccc32)n1. The van der Waals surface area contributed by atoms with E-state index in [9.17, 15) is 4.79 Å². The molecule has 1 aromatic heterocycles. The van der Waals surface area contributed by atoms with Crippen molar-refractivity contribution in [2.24, 2.45) is 0 Å². The smallest absolute Gasteiger partial charge is 0.301 e. The maximum Gasteiger partial charge on any atom is 0.301 e. The quantitative estimate of drug-likeness (QED) is 0.861. The number of nitrogens with zero attached hydrogens (tertiary/aromatic N) is 1. The van der Waals surface area contributed by atoms with Crippen LogP contribution in [0.2, 0.25) is 0 Å². The number of aromatic nitrogens is 1. The average Bonchev–Trinajstić information content (AvgIpc) is 2.83. The van der Waals surface area contributed by atoms with E-state index in [1.807, 2.05) is 25.1 Å². The van der Waals surface area contributed by atoms with Gasteiger partial charge in [0.05, 0.1) is 5.69 Å². The molecule has 1 unspecified atom stereocenters. The van der Waals surface area contributed by atoms with Gasteiger partial charge < -0.3 is 9.73 Å². The number of fused-ring (bicyclic) bond motifs is 1. The van der Waals surface area contributed by atoms with Gasteiger partial charge in [-0.1, -0.05) is 24.3 Å². The molecule has 98 valence electrons. The van der Waals surface area contributed by atoms with E-state index in [1.165, 1.54) is 11.8 Å². The number of oxazole rings is 1. The van der Waals surface area contributed by atoms with Crippen LogP contribution >= 0.6 is 0 Å². The highest BCUT2D eigenvalue weighted by molar-refractivity contribution is 5.94. The van der Waals surface area contributed by atoms with E-state index in [0.29, 0.717) is 0 Å². The van der Waals surface area contributed by atoms with Gasteiger partial charge in [0, 0.05) is 6.54 Å². The number of rotatable bonds is 2. The molecule has 19 heavy (non-hydrogen) atoms. The van der Waals surface area contributed by atoms with E-state index < -0.39 is 0 Å². The second-order valence-corrected chi connectivity index (χ2v) is 4.62. The van der Waals surface area contributed by atoms with Crippen molar-refractivity contribution >= 4 is 11.9 Å². The van der Waals surface area contributed by atoms with Crippen molar-refractivity contribution in [2.75, 3.05) is 11.9 Å². The van der Waals surface area contributed by atoms with E-state index >= 15 is 0 Å². The first kappa shape index (κ1) is 11.9. The molecule has 0 aliphatic carbocycles. The van der Waals surface area contributed by atoms with Crippen LogP contribution in [0.25, 0.3) is 0 Å². The summed E-state index contributed by atoms with van der Waals surface area (Å²) in [6.45, 7) is 2.60. The van der Waals surface area contributed by atoms with E-state index in [4.69, 9.17) is 4.42 Å². The summed E-state index contributed by atoms with van der Waals surface area (Å²) < 4.78 is 5.14. The number of carbonyl (C=O) groups excluding carboxylic acids is 1. The maximum absolute atomic E-state index is 12.3. The molecule has 5 heteroatoms. The van der Waals surface area contributed by atoms with Crippen molar-refractivity contribution in [2.45, 2.75) is 19.4 Å². The maximum atomic E-state index is 12.3. The largest absolute Gasteiger partial charge is 0.432 e. The monoisotopic (exact) mass is 257 g/mol. The van der Waals surface area contributed by atoms with Gasteiger partial charge in [-0.25, -0.2) is 0 Å². The summed E-state index contributed by atoms with van der Waals surface area (Å²) in [6, 6.07) is 7.88. The Labute approximate surface area is 111 Å². The average molecular weight is 257 g/mol. The first-order chi connectivity index (χ1) is 9.24. The van der Waals surface area contributed by atoms with Crippen molar-refractivity contribution in [1.82, 2.24) is 10.3 Å². The second-order valence-electron chi connectivity index (χ2n) is 4.62. The molecule has 2 aromatic rings. The lowest BCUT2D eigenvalue weighted by atomic mass is 9.94. The van der Waals surface area contributed by atoms with Crippen LogP contribution in [0, 0.1) is 6.92 Å².